The maximum Gasteiger partial charge on any atom is 0.135 e. The van der Waals surface area contributed by atoms with Gasteiger partial charge < -0.3 is 4.74 Å². The summed E-state index contributed by atoms with van der Waals surface area (Å²) in [6, 6.07) is 42.0. The summed E-state index contributed by atoms with van der Waals surface area (Å²) in [5, 5.41) is 3.47. The van der Waals surface area contributed by atoms with E-state index in [1.54, 1.807) is 12.1 Å². The van der Waals surface area contributed by atoms with Gasteiger partial charge in [-0.05, 0) is 143 Å². The molecule has 1 aliphatic heterocycles. The molecule has 0 saturated carbocycles. The molecule has 0 atom stereocenters. The Labute approximate surface area is 327 Å². The van der Waals surface area contributed by atoms with Crippen molar-refractivity contribution in [3.8, 4) is 78.3 Å². The third-order valence-corrected chi connectivity index (χ3v) is 11.2. The van der Waals surface area contributed by atoms with E-state index < -0.39 is 18.1 Å². The van der Waals surface area contributed by atoms with Gasteiger partial charge >= 0.3 is 0 Å². The van der Waals surface area contributed by atoms with Gasteiger partial charge in [0.15, 0.2) is 0 Å². The number of rotatable bonds is 4. The summed E-state index contributed by atoms with van der Waals surface area (Å²) < 4.78 is 78.1. The van der Waals surface area contributed by atoms with Crippen LogP contribution in [0.15, 0.2) is 182 Å². The molecule has 0 amide bonds. The van der Waals surface area contributed by atoms with Crippen LogP contribution in [-0.4, -0.2) is 0 Å². The van der Waals surface area contributed by atoms with E-state index in [1.807, 2.05) is 72.8 Å². The van der Waals surface area contributed by atoms with Crippen LogP contribution in [0.2, 0.25) is 0 Å². The van der Waals surface area contributed by atoms with Gasteiger partial charge in [-0.3, -0.25) is 0 Å². The van der Waals surface area contributed by atoms with Gasteiger partial charge in [0, 0.05) is 16.4 Å². The van der Waals surface area contributed by atoms with Gasteiger partial charge in [-0.25, -0.2) is 0 Å². The molecule has 0 fully saturated rings. The first-order valence-electron chi connectivity index (χ1n) is 22.2. The maximum atomic E-state index is 9.88. The summed E-state index contributed by atoms with van der Waals surface area (Å²) >= 11 is 0. The highest BCUT2D eigenvalue weighted by molar-refractivity contribution is 6.10. The van der Waals surface area contributed by atoms with Crippen molar-refractivity contribution in [3.05, 3.63) is 193 Å². The van der Waals surface area contributed by atoms with Gasteiger partial charge in [0.25, 0.3) is 0 Å². The van der Waals surface area contributed by atoms with Gasteiger partial charge in [0.1, 0.15) is 11.5 Å². The summed E-state index contributed by atoms with van der Waals surface area (Å²) in [6.07, 6.45) is 0. The van der Waals surface area contributed by atoms with Crippen LogP contribution < -0.4 is 4.74 Å². The van der Waals surface area contributed by atoms with Crippen molar-refractivity contribution in [1.82, 2.24) is 0 Å². The molecule has 2 aliphatic rings. The molecular formula is C53H36O. The van der Waals surface area contributed by atoms with Crippen LogP contribution in [-0.2, 0) is 5.41 Å². The monoisotopic (exact) mass is 696 g/mol. The molecule has 9 aromatic rings. The molecule has 0 radical (unpaired) electrons. The van der Waals surface area contributed by atoms with Gasteiger partial charge in [-0.1, -0.05) is 141 Å². The van der Waals surface area contributed by atoms with E-state index in [-0.39, 0.29) is 41.2 Å². The van der Waals surface area contributed by atoms with Crippen LogP contribution >= 0.6 is 0 Å². The molecule has 0 bridgehead atoms. The first kappa shape index (κ1) is 23.8. The number of hydrogen-bond acceptors (Lipinski definition) is 1. The molecule has 1 heterocycles. The van der Waals surface area contributed by atoms with E-state index in [1.165, 1.54) is 22.3 Å². The Balaban J connectivity index is 1.11. The molecule has 0 saturated heterocycles. The Morgan fingerprint density at radius 2 is 1.13 bits per heavy atom. The number of hydrogen-bond donors (Lipinski definition) is 0. The molecule has 9 aromatic carbocycles. The first-order valence-corrected chi connectivity index (χ1v) is 18.2. The van der Waals surface area contributed by atoms with Crippen molar-refractivity contribution in [2.24, 2.45) is 0 Å². The SMILES string of the molecule is [2H]c1c([2H])c([2H])c(-c2ccc3c4c(cccc24)-c2cc(-c4c([2H])c(-c5ccccc5)c([2H])c(-c5ccc6cc7c(cc6c5)C(C)(C)c5ccccc5-7)c4[2H])ccc2O3)c([2H])c1[2H]. The van der Waals surface area contributed by atoms with Crippen LogP contribution in [0.25, 0.3) is 88.3 Å². The summed E-state index contributed by atoms with van der Waals surface area (Å²) in [6.45, 7) is 4.51. The minimum absolute atomic E-state index is 0.0756. The molecule has 1 aliphatic carbocycles. The van der Waals surface area contributed by atoms with E-state index in [4.69, 9.17) is 11.6 Å². The van der Waals surface area contributed by atoms with E-state index in [0.717, 1.165) is 32.8 Å². The zero-order valence-corrected chi connectivity index (χ0v) is 29.6. The maximum absolute atomic E-state index is 9.88. The predicted molar refractivity (Wildman–Crippen MR) is 226 cm³/mol. The molecule has 0 unspecified atom stereocenters. The zero-order chi connectivity index (χ0) is 42.9. The largest absolute Gasteiger partial charge is 0.456 e. The molecule has 0 aromatic heterocycles. The van der Waals surface area contributed by atoms with Crippen LogP contribution in [0.1, 0.15) is 35.9 Å². The van der Waals surface area contributed by atoms with E-state index in [0.29, 0.717) is 50.3 Å². The molecule has 0 spiro atoms. The van der Waals surface area contributed by atoms with Crippen molar-refractivity contribution in [1.29, 1.82) is 0 Å². The smallest absolute Gasteiger partial charge is 0.135 e. The lowest BCUT2D eigenvalue weighted by Gasteiger charge is -2.23. The molecular weight excluding hydrogens is 653 g/mol. The highest BCUT2D eigenvalue weighted by Gasteiger charge is 2.35. The van der Waals surface area contributed by atoms with Crippen molar-refractivity contribution >= 4 is 21.5 Å². The summed E-state index contributed by atoms with van der Waals surface area (Å²) in [5.74, 6) is 1.14. The molecule has 11 rings (SSSR count). The van der Waals surface area contributed by atoms with E-state index >= 15 is 0 Å². The van der Waals surface area contributed by atoms with Gasteiger partial charge in [0.2, 0.25) is 0 Å². The van der Waals surface area contributed by atoms with Crippen LogP contribution in [0.4, 0.5) is 0 Å². The Morgan fingerprint density at radius 3 is 1.96 bits per heavy atom. The lowest BCUT2D eigenvalue weighted by atomic mass is 9.82. The topological polar surface area (TPSA) is 9.23 Å². The van der Waals surface area contributed by atoms with Gasteiger partial charge in [0.05, 0.1) is 11.0 Å². The predicted octanol–water partition coefficient (Wildman–Crippen LogP) is 14.7. The Morgan fingerprint density at radius 1 is 0.426 bits per heavy atom. The van der Waals surface area contributed by atoms with Crippen molar-refractivity contribution in [2.45, 2.75) is 19.3 Å². The standard InChI is InChI=1S/C53H36O/c1-53(2)48-19-10-9-16-43(48)46-30-36-21-20-35(26-41(36)32-49(46)53)39-27-38(33-12-5-3-6-13-33)28-40(29-39)37-22-24-50-47(31-37)45-18-11-17-44-42(34-14-7-4-8-15-34)23-25-51(54-50)52(44)45/h3-32H,1-2H3/i4D,7D,8D,14D,15D,27D,28D,29D. The lowest BCUT2D eigenvalue weighted by Crippen LogP contribution is -2.14. The van der Waals surface area contributed by atoms with E-state index in [9.17, 15) is 4.11 Å². The lowest BCUT2D eigenvalue weighted by molar-refractivity contribution is 0.487. The molecule has 0 N–H and O–H groups in total. The van der Waals surface area contributed by atoms with E-state index in [2.05, 4.69) is 62.4 Å². The fourth-order valence-corrected chi connectivity index (χ4v) is 8.50. The fourth-order valence-electron chi connectivity index (χ4n) is 8.50. The highest BCUT2D eigenvalue weighted by atomic mass is 16.5. The first-order chi connectivity index (χ1) is 29.8. The zero-order valence-electron chi connectivity index (χ0n) is 37.6. The quantitative estimate of drug-likeness (QED) is 0.178. The van der Waals surface area contributed by atoms with Crippen molar-refractivity contribution in [3.63, 3.8) is 0 Å². The Hall–Kier alpha value is -6.70. The second-order valence-corrected chi connectivity index (χ2v) is 14.6. The summed E-state index contributed by atoms with van der Waals surface area (Å²) in [5.41, 5.74) is 10.2. The van der Waals surface area contributed by atoms with Gasteiger partial charge in [-0.2, -0.15) is 0 Å². The number of ether oxygens (including phenoxy) is 1. The number of fused-ring (bicyclic) bond motifs is 6. The molecule has 254 valence electrons. The van der Waals surface area contributed by atoms with Crippen LogP contribution in [0.5, 0.6) is 11.5 Å². The second kappa shape index (κ2) is 11.7. The second-order valence-electron chi connectivity index (χ2n) is 14.6. The van der Waals surface area contributed by atoms with Crippen molar-refractivity contribution < 1.29 is 15.7 Å². The van der Waals surface area contributed by atoms with Gasteiger partial charge in [-0.15, -0.1) is 0 Å². The molecule has 1 heteroatoms. The average Bonchev–Trinajstić information content (AvgIpc) is 3.50. The fraction of sp³-hybridized carbons (Fsp3) is 0.0566. The minimum atomic E-state index is -0.449. The van der Waals surface area contributed by atoms with Crippen LogP contribution in [0.3, 0.4) is 0 Å². The summed E-state index contributed by atoms with van der Waals surface area (Å²) in [7, 11) is 0. The third-order valence-electron chi connectivity index (χ3n) is 11.2. The normalized spacial score (nSPS) is 15.4. The van der Waals surface area contributed by atoms with Crippen molar-refractivity contribution in [2.75, 3.05) is 0 Å². The molecule has 1 nitrogen and oxygen atoms in total. The molecule has 54 heavy (non-hydrogen) atoms. The Kier molecular flexibility index (Phi) is 5.13. The summed E-state index contributed by atoms with van der Waals surface area (Å²) in [4.78, 5) is 0. The average molecular weight is 697 g/mol. The number of benzene rings is 9. The van der Waals surface area contributed by atoms with Crippen LogP contribution in [0, 0.1) is 0 Å². The minimum Gasteiger partial charge on any atom is -0.456 e. The third kappa shape index (κ3) is 4.72. The highest BCUT2D eigenvalue weighted by Crippen LogP contribution is 2.51. The Bertz CT molecular complexity index is 3420.